The third-order valence-corrected chi connectivity index (χ3v) is 4.93. The largest absolute Gasteiger partial charge is 0.249 e. The predicted octanol–water partition coefficient (Wildman–Crippen LogP) is 3.73. The zero-order chi connectivity index (χ0) is 11.1. The number of halogens is 1. The minimum Gasteiger partial charge on any atom is -0.249 e. The van der Waals surface area contributed by atoms with Crippen LogP contribution in [-0.4, -0.2) is 4.21 Å². The van der Waals surface area contributed by atoms with E-state index in [1.165, 1.54) is 5.56 Å². The Hall–Kier alpha value is -0.930. The molecule has 1 atom stereocenters. The normalized spacial score (nSPS) is 16.9. The smallest absolute Gasteiger partial charge is 0.0862 e. The molecule has 0 saturated carbocycles. The van der Waals surface area contributed by atoms with Crippen LogP contribution < -0.4 is 0 Å². The number of hydrogen-bond donors (Lipinski definition) is 0. The highest BCUT2D eigenvalue weighted by atomic mass is 79.9. The molecule has 0 saturated heterocycles. The first kappa shape index (κ1) is 10.2. The van der Waals surface area contributed by atoms with Gasteiger partial charge in [0.05, 0.1) is 20.6 Å². The Morgan fingerprint density at radius 2 is 1.75 bits per heavy atom. The molecule has 0 spiro atoms. The van der Waals surface area contributed by atoms with Gasteiger partial charge in [0.15, 0.2) is 0 Å². The van der Waals surface area contributed by atoms with Gasteiger partial charge in [-0.25, -0.2) is 4.21 Å². The lowest BCUT2D eigenvalue weighted by atomic mass is 10.0. The summed E-state index contributed by atoms with van der Waals surface area (Å²) in [7, 11) is -0.998. The van der Waals surface area contributed by atoms with Crippen molar-refractivity contribution < 1.29 is 4.21 Å². The van der Waals surface area contributed by atoms with E-state index in [9.17, 15) is 4.21 Å². The number of rotatable bonds is 1. The minimum atomic E-state index is -0.998. The fraction of sp³-hybridized carbons (Fsp3) is 0.0769. The van der Waals surface area contributed by atoms with Gasteiger partial charge in [0.25, 0.3) is 0 Å². The second kappa shape index (κ2) is 3.82. The van der Waals surface area contributed by atoms with Crippen molar-refractivity contribution in [3.05, 3.63) is 48.0 Å². The van der Waals surface area contributed by atoms with Crippen molar-refractivity contribution in [2.45, 2.75) is 15.1 Å². The maximum atomic E-state index is 12.2. The van der Waals surface area contributed by atoms with E-state index < -0.39 is 10.8 Å². The molecule has 1 aliphatic heterocycles. The summed E-state index contributed by atoms with van der Waals surface area (Å²) in [5, 5.41) is 0.828. The summed E-state index contributed by atoms with van der Waals surface area (Å²) < 4.78 is 12.2. The van der Waals surface area contributed by atoms with Crippen LogP contribution >= 0.6 is 15.9 Å². The number of alkyl halides is 1. The summed E-state index contributed by atoms with van der Waals surface area (Å²) >= 11 is 3.45. The van der Waals surface area contributed by atoms with Crippen LogP contribution in [0.3, 0.4) is 0 Å². The molecule has 3 rings (SSSR count). The minimum absolute atomic E-state index is 0.828. The van der Waals surface area contributed by atoms with Crippen molar-refractivity contribution in [1.82, 2.24) is 0 Å². The Morgan fingerprint density at radius 3 is 2.56 bits per heavy atom. The van der Waals surface area contributed by atoms with Gasteiger partial charge in [0, 0.05) is 5.33 Å². The van der Waals surface area contributed by atoms with E-state index in [1.54, 1.807) is 0 Å². The van der Waals surface area contributed by atoms with Crippen LogP contribution in [0.1, 0.15) is 5.56 Å². The Morgan fingerprint density at radius 1 is 1.00 bits per heavy atom. The van der Waals surface area contributed by atoms with Crippen LogP contribution in [0.5, 0.6) is 0 Å². The van der Waals surface area contributed by atoms with Crippen LogP contribution in [0.25, 0.3) is 11.1 Å². The fourth-order valence-electron chi connectivity index (χ4n) is 2.00. The van der Waals surface area contributed by atoms with Crippen molar-refractivity contribution in [2.24, 2.45) is 0 Å². The lowest BCUT2D eigenvalue weighted by molar-refractivity contribution is 0.685. The zero-order valence-corrected chi connectivity index (χ0v) is 10.8. The van der Waals surface area contributed by atoms with Gasteiger partial charge in [-0.15, -0.1) is 0 Å². The molecule has 0 radical (unpaired) electrons. The van der Waals surface area contributed by atoms with Gasteiger partial charge in [0.1, 0.15) is 0 Å². The van der Waals surface area contributed by atoms with Crippen LogP contribution in [0.2, 0.25) is 0 Å². The lowest BCUT2D eigenvalue weighted by Crippen LogP contribution is -1.86. The van der Waals surface area contributed by atoms with Gasteiger partial charge in [-0.3, -0.25) is 0 Å². The molecule has 1 unspecified atom stereocenters. The van der Waals surface area contributed by atoms with E-state index in [1.807, 2.05) is 36.4 Å². The molecule has 0 bridgehead atoms. The van der Waals surface area contributed by atoms with E-state index in [0.29, 0.717) is 0 Å². The van der Waals surface area contributed by atoms with Gasteiger partial charge in [0.2, 0.25) is 0 Å². The van der Waals surface area contributed by atoms with Gasteiger partial charge < -0.3 is 0 Å². The van der Waals surface area contributed by atoms with Crippen LogP contribution in [0, 0.1) is 0 Å². The Balaban J connectivity index is 2.31. The average molecular weight is 293 g/mol. The predicted molar refractivity (Wildman–Crippen MR) is 69.2 cm³/mol. The number of fused-ring (bicyclic) bond motifs is 3. The van der Waals surface area contributed by atoms with Crippen molar-refractivity contribution >= 4 is 26.7 Å². The third-order valence-electron chi connectivity index (χ3n) is 2.77. The Kier molecular flexibility index (Phi) is 2.45. The van der Waals surface area contributed by atoms with Gasteiger partial charge in [-0.05, 0) is 34.9 Å². The maximum absolute atomic E-state index is 12.2. The Bertz CT molecular complexity index is 592. The highest BCUT2D eigenvalue weighted by molar-refractivity contribution is 9.08. The van der Waals surface area contributed by atoms with Crippen molar-refractivity contribution in [3.8, 4) is 11.1 Å². The van der Waals surface area contributed by atoms with Crippen molar-refractivity contribution in [3.63, 3.8) is 0 Å². The van der Waals surface area contributed by atoms with Gasteiger partial charge >= 0.3 is 0 Å². The topological polar surface area (TPSA) is 17.1 Å². The average Bonchev–Trinajstić information content (AvgIpc) is 2.64. The molecular weight excluding hydrogens is 284 g/mol. The van der Waals surface area contributed by atoms with E-state index in [4.69, 9.17) is 0 Å². The number of benzene rings is 2. The molecular formula is C13H9BrOS. The van der Waals surface area contributed by atoms with Crippen LogP contribution in [0.15, 0.2) is 52.3 Å². The molecule has 0 aromatic heterocycles. The summed E-state index contributed by atoms with van der Waals surface area (Å²) in [5.74, 6) is 0. The first-order chi connectivity index (χ1) is 7.81. The summed E-state index contributed by atoms with van der Waals surface area (Å²) in [6, 6.07) is 14.0. The van der Waals surface area contributed by atoms with E-state index in [-0.39, 0.29) is 0 Å². The number of hydrogen-bond acceptors (Lipinski definition) is 1. The molecule has 1 aliphatic rings. The summed E-state index contributed by atoms with van der Waals surface area (Å²) in [4.78, 5) is 1.87. The maximum Gasteiger partial charge on any atom is 0.0862 e. The highest BCUT2D eigenvalue weighted by Crippen LogP contribution is 2.40. The first-order valence-corrected chi connectivity index (χ1v) is 7.28. The molecule has 0 amide bonds. The quantitative estimate of drug-likeness (QED) is 0.625. The SMILES string of the molecule is O=S1c2ccccc2-c2cc(CBr)ccc21. The molecule has 1 nitrogen and oxygen atoms in total. The third kappa shape index (κ3) is 1.39. The van der Waals surface area contributed by atoms with E-state index in [2.05, 4.69) is 22.0 Å². The second-order valence-electron chi connectivity index (χ2n) is 3.73. The van der Waals surface area contributed by atoms with Gasteiger partial charge in [-0.1, -0.05) is 40.2 Å². The molecule has 80 valence electrons. The molecule has 1 heterocycles. The second-order valence-corrected chi connectivity index (χ2v) is 5.71. The van der Waals surface area contributed by atoms with E-state index in [0.717, 1.165) is 26.2 Å². The summed E-state index contributed by atoms with van der Waals surface area (Å²) in [5.41, 5.74) is 3.44. The van der Waals surface area contributed by atoms with Crippen molar-refractivity contribution in [1.29, 1.82) is 0 Å². The molecule has 16 heavy (non-hydrogen) atoms. The first-order valence-electron chi connectivity index (χ1n) is 5.01. The molecule has 0 N–H and O–H groups in total. The molecule has 0 fully saturated rings. The summed E-state index contributed by atoms with van der Waals surface area (Å²) in [6.07, 6.45) is 0. The molecule has 0 aliphatic carbocycles. The Labute approximate surface area is 105 Å². The molecule has 3 heteroatoms. The van der Waals surface area contributed by atoms with E-state index >= 15 is 0 Å². The van der Waals surface area contributed by atoms with Gasteiger partial charge in [-0.2, -0.15) is 0 Å². The standard InChI is InChI=1S/C13H9BrOS/c14-8-9-5-6-13-11(7-9)10-3-1-2-4-12(10)16(13)15/h1-7H,8H2. The molecule has 2 aromatic rings. The lowest BCUT2D eigenvalue weighted by Gasteiger charge is -2.01. The monoisotopic (exact) mass is 292 g/mol. The van der Waals surface area contributed by atoms with Crippen molar-refractivity contribution in [2.75, 3.05) is 0 Å². The fourth-order valence-corrected chi connectivity index (χ4v) is 3.73. The van der Waals surface area contributed by atoms with Crippen LogP contribution in [-0.2, 0) is 16.1 Å². The highest BCUT2D eigenvalue weighted by Gasteiger charge is 2.24. The summed E-state index contributed by atoms with van der Waals surface area (Å²) in [6.45, 7) is 0. The van der Waals surface area contributed by atoms with Crippen LogP contribution in [0.4, 0.5) is 0 Å². The molecule has 2 aromatic carbocycles. The zero-order valence-electron chi connectivity index (χ0n) is 8.44.